The number of anilines is 1. The molecule has 0 atom stereocenters. The summed E-state index contributed by atoms with van der Waals surface area (Å²) in [5, 5.41) is 6.69. The number of nitrogens with one attached hydrogen (secondary N) is 2. The predicted molar refractivity (Wildman–Crippen MR) is 125 cm³/mol. The van der Waals surface area contributed by atoms with Crippen LogP contribution in [0.25, 0.3) is 6.08 Å². The molecular weight excluding hydrogens is 406 g/mol. The zero-order valence-electron chi connectivity index (χ0n) is 17.7. The number of nitrogens with zero attached hydrogens (tertiary/aromatic N) is 1. The van der Waals surface area contributed by atoms with Crippen LogP contribution in [-0.4, -0.2) is 32.2 Å². The van der Waals surface area contributed by atoms with E-state index < -0.39 is 5.91 Å². The molecule has 0 heterocycles. The Kier molecular flexibility index (Phi) is 7.75. The van der Waals surface area contributed by atoms with Gasteiger partial charge in [-0.15, -0.1) is 0 Å². The topological polar surface area (TPSA) is 89.0 Å². The lowest BCUT2D eigenvalue weighted by atomic mass is 10.1. The molecule has 0 unspecified atom stereocenters. The van der Waals surface area contributed by atoms with Gasteiger partial charge in [0.15, 0.2) is 11.5 Å². The van der Waals surface area contributed by atoms with E-state index in [1.165, 1.54) is 20.4 Å². The second-order valence-electron chi connectivity index (χ2n) is 6.56. The minimum atomic E-state index is -0.447. The maximum absolute atomic E-state index is 12.7. The summed E-state index contributed by atoms with van der Waals surface area (Å²) in [5.41, 5.74) is 4.49. The number of benzene rings is 3. The Labute approximate surface area is 186 Å². The molecule has 3 rings (SSSR count). The molecule has 0 saturated carbocycles. The van der Waals surface area contributed by atoms with Gasteiger partial charge in [0.2, 0.25) is 0 Å². The monoisotopic (exact) mass is 429 g/mol. The molecule has 32 heavy (non-hydrogen) atoms. The van der Waals surface area contributed by atoms with Crippen LogP contribution in [0.15, 0.2) is 84.0 Å². The van der Waals surface area contributed by atoms with E-state index in [-0.39, 0.29) is 11.5 Å². The average molecular weight is 429 g/mol. The van der Waals surface area contributed by atoms with Crippen molar-refractivity contribution < 1.29 is 19.1 Å². The van der Waals surface area contributed by atoms with E-state index >= 15 is 0 Å². The molecule has 7 nitrogen and oxygen atoms in total. The average Bonchev–Trinajstić information content (AvgIpc) is 2.84. The number of hydrazone groups is 1. The molecule has 0 saturated heterocycles. The molecule has 3 aromatic rings. The number of allylic oxidation sites excluding steroid dienone is 1. The van der Waals surface area contributed by atoms with Gasteiger partial charge in [0.25, 0.3) is 11.8 Å². The van der Waals surface area contributed by atoms with Crippen LogP contribution in [0.3, 0.4) is 0 Å². The van der Waals surface area contributed by atoms with Crippen LogP contribution in [0.2, 0.25) is 0 Å². The number of hydrogen-bond donors (Lipinski definition) is 2. The Balaban J connectivity index is 1.67. The minimum Gasteiger partial charge on any atom is -0.493 e. The van der Waals surface area contributed by atoms with Crippen LogP contribution >= 0.6 is 0 Å². The number of methoxy groups -OCH3 is 2. The van der Waals surface area contributed by atoms with Gasteiger partial charge in [0.05, 0.1) is 25.5 Å². The summed E-state index contributed by atoms with van der Waals surface area (Å²) < 4.78 is 10.4. The molecule has 0 aliphatic heterocycles. The first kappa shape index (κ1) is 22.3. The highest BCUT2D eigenvalue weighted by Crippen LogP contribution is 2.28. The van der Waals surface area contributed by atoms with Gasteiger partial charge in [-0.05, 0) is 42.0 Å². The fourth-order valence-corrected chi connectivity index (χ4v) is 2.88. The lowest BCUT2D eigenvalue weighted by Gasteiger charge is -2.12. The second kappa shape index (κ2) is 11.1. The van der Waals surface area contributed by atoms with Gasteiger partial charge >= 0.3 is 0 Å². The predicted octanol–water partition coefficient (Wildman–Crippen LogP) is 4.39. The van der Waals surface area contributed by atoms with Crippen molar-refractivity contribution in [3.05, 3.63) is 95.6 Å². The maximum atomic E-state index is 12.7. The summed E-state index contributed by atoms with van der Waals surface area (Å²) in [6.45, 7) is 0. The Morgan fingerprint density at radius 1 is 0.844 bits per heavy atom. The third-order valence-electron chi connectivity index (χ3n) is 4.48. The van der Waals surface area contributed by atoms with Gasteiger partial charge in [0.1, 0.15) is 0 Å². The Morgan fingerprint density at radius 3 is 2.31 bits per heavy atom. The molecule has 0 bridgehead atoms. The zero-order chi connectivity index (χ0) is 22.8. The molecular formula is C25H23N3O4. The van der Waals surface area contributed by atoms with Crippen LogP contribution in [0.1, 0.15) is 26.3 Å². The molecule has 2 N–H and O–H groups in total. The van der Waals surface area contributed by atoms with E-state index in [0.717, 1.165) is 5.56 Å². The van der Waals surface area contributed by atoms with Crippen molar-refractivity contribution in [2.45, 2.75) is 0 Å². The molecule has 0 aliphatic carbocycles. The Hall–Kier alpha value is -4.39. The fraction of sp³-hybridized carbons (Fsp3) is 0.0800. The van der Waals surface area contributed by atoms with Gasteiger partial charge in [-0.1, -0.05) is 48.5 Å². The van der Waals surface area contributed by atoms with Crippen LogP contribution in [-0.2, 0) is 0 Å². The number of ether oxygens (including phenoxy) is 2. The molecule has 2 amide bonds. The van der Waals surface area contributed by atoms with Crippen molar-refractivity contribution >= 4 is 29.8 Å². The first-order valence-electron chi connectivity index (χ1n) is 9.80. The van der Waals surface area contributed by atoms with Crippen LogP contribution in [0.5, 0.6) is 11.5 Å². The summed E-state index contributed by atoms with van der Waals surface area (Å²) in [6, 6.07) is 21.2. The summed E-state index contributed by atoms with van der Waals surface area (Å²) in [4.78, 5) is 25.3. The summed E-state index contributed by atoms with van der Waals surface area (Å²) in [5.74, 6) is 0.116. The van der Waals surface area contributed by atoms with Crippen LogP contribution < -0.4 is 20.2 Å². The first-order valence-corrected chi connectivity index (χ1v) is 9.80. The normalized spacial score (nSPS) is 10.8. The second-order valence-corrected chi connectivity index (χ2v) is 6.56. The number of carbonyl (C=O) groups excluding carboxylic acids is 2. The van der Waals surface area contributed by atoms with Gasteiger partial charge in [-0.2, -0.15) is 5.10 Å². The van der Waals surface area contributed by atoms with Gasteiger partial charge in [-0.25, -0.2) is 5.43 Å². The van der Waals surface area contributed by atoms with Gasteiger partial charge in [-0.3, -0.25) is 9.59 Å². The molecule has 3 aromatic carbocycles. The maximum Gasteiger partial charge on any atom is 0.273 e. The van der Waals surface area contributed by atoms with Crippen molar-refractivity contribution in [1.82, 2.24) is 5.43 Å². The lowest BCUT2D eigenvalue weighted by molar-refractivity contribution is 0.0956. The van der Waals surface area contributed by atoms with Crippen molar-refractivity contribution in [3.63, 3.8) is 0 Å². The SMILES string of the molecule is COc1ccc(C(=O)Nc2ccccc2C(=O)N/N=C/C=C/c2ccccc2)cc1OC. The number of amides is 2. The summed E-state index contributed by atoms with van der Waals surface area (Å²) >= 11 is 0. The number of hydrogen-bond acceptors (Lipinski definition) is 5. The van der Waals surface area contributed by atoms with Crippen molar-refractivity contribution in [2.75, 3.05) is 19.5 Å². The molecule has 0 aliphatic rings. The fourth-order valence-electron chi connectivity index (χ4n) is 2.88. The summed E-state index contributed by atoms with van der Waals surface area (Å²) in [7, 11) is 3.02. The Morgan fingerprint density at radius 2 is 1.56 bits per heavy atom. The number of carbonyl (C=O) groups is 2. The van der Waals surface area contributed by atoms with Crippen LogP contribution in [0, 0.1) is 0 Å². The molecule has 162 valence electrons. The third kappa shape index (κ3) is 5.82. The van der Waals surface area contributed by atoms with E-state index in [0.29, 0.717) is 22.7 Å². The van der Waals surface area contributed by atoms with Crippen molar-refractivity contribution in [2.24, 2.45) is 5.10 Å². The van der Waals surface area contributed by atoms with E-state index in [1.807, 2.05) is 36.4 Å². The molecule has 7 heteroatoms. The Bertz CT molecular complexity index is 1140. The van der Waals surface area contributed by atoms with Gasteiger partial charge in [0, 0.05) is 11.8 Å². The number of rotatable bonds is 8. The van der Waals surface area contributed by atoms with E-state index in [9.17, 15) is 9.59 Å². The van der Waals surface area contributed by atoms with Crippen molar-refractivity contribution in [1.29, 1.82) is 0 Å². The highest BCUT2D eigenvalue weighted by atomic mass is 16.5. The van der Waals surface area contributed by atoms with E-state index in [4.69, 9.17) is 9.47 Å². The van der Waals surface area contributed by atoms with Crippen LogP contribution in [0.4, 0.5) is 5.69 Å². The molecule has 0 spiro atoms. The number of para-hydroxylation sites is 1. The standard InChI is InChI=1S/C25H23N3O4/c1-31-22-15-14-19(17-23(22)32-2)24(29)27-21-13-7-6-12-20(21)25(30)28-26-16-8-11-18-9-4-3-5-10-18/h3-17H,1-2H3,(H,27,29)(H,28,30)/b11-8+,26-16+. The molecule has 0 fully saturated rings. The smallest absolute Gasteiger partial charge is 0.273 e. The van der Waals surface area contributed by atoms with Crippen molar-refractivity contribution in [3.8, 4) is 11.5 Å². The minimum absolute atomic E-state index is 0.283. The van der Waals surface area contributed by atoms with Gasteiger partial charge < -0.3 is 14.8 Å². The first-order chi connectivity index (χ1) is 15.6. The summed E-state index contributed by atoms with van der Waals surface area (Å²) in [6.07, 6.45) is 5.07. The molecule has 0 radical (unpaired) electrons. The highest BCUT2D eigenvalue weighted by Gasteiger charge is 2.15. The third-order valence-corrected chi connectivity index (χ3v) is 4.48. The molecule has 0 aromatic heterocycles. The highest BCUT2D eigenvalue weighted by molar-refractivity contribution is 6.09. The quantitative estimate of drug-likeness (QED) is 0.411. The zero-order valence-corrected chi connectivity index (χ0v) is 17.7. The largest absolute Gasteiger partial charge is 0.493 e. The van der Waals surface area contributed by atoms with E-state index in [2.05, 4.69) is 15.8 Å². The lowest BCUT2D eigenvalue weighted by Crippen LogP contribution is -2.21. The van der Waals surface area contributed by atoms with E-state index in [1.54, 1.807) is 48.5 Å².